The van der Waals surface area contributed by atoms with E-state index in [0.29, 0.717) is 40.0 Å². The lowest BCUT2D eigenvalue weighted by molar-refractivity contribution is -0.119. The molecule has 0 aromatic heterocycles. The number of amides is 2. The van der Waals surface area contributed by atoms with Crippen molar-refractivity contribution >= 4 is 51.7 Å². The number of methoxy groups -OCH3 is 2. The smallest absolute Gasteiger partial charge is 0.258 e. The maximum absolute atomic E-state index is 13.3. The molecule has 0 atom stereocenters. The molecule has 0 spiro atoms. The zero-order valence-corrected chi connectivity index (χ0v) is 24.4. The first-order chi connectivity index (χ1) is 19.8. The quantitative estimate of drug-likeness (QED) is 0.383. The Labute approximate surface area is 245 Å². The number of hydrogen-bond donors (Lipinski definition) is 2. The molecular formula is C31H34ClN5O4. The number of anilines is 3. The van der Waals surface area contributed by atoms with Crippen LogP contribution in [-0.4, -0.2) is 82.7 Å². The maximum Gasteiger partial charge on any atom is 0.258 e. The molecule has 9 nitrogen and oxygen atoms in total. The molecule has 0 radical (unpaired) electrons. The fourth-order valence-electron chi connectivity index (χ4n) is 5.02. The van der Waals surface area contributed by atoms with Gasteiger partial charge in [-0.25, -0.2) is 0 Å². The fraction of sp³-hybridized carbons (Fsp3) is 0.290. The Hall–Kier alpha value is -4.05. The van der Waals surface area contributed by atoms with Gasteiger partial charge in [0, 0.05) is 60.8 Å². The van der Waals surface area contributed by atoms with Crippen LogP contribution in [0.3, 0.4) is 0 Å². The van der Waals surface area contributed by atoms with Gasteiger partial charge >= 0.3 is 0 Å². The van der Waals surface area contributed by atoms with E-state index in [1.54, 1.807) is 44.4 Å². The molecule has 3 aromatic carbocycles. The zero-order chi connectivity index (χ0) is 29.1. The topological polar surface area (TPSA) is 86.4 Å². The number of nitrogens with zero attached hydrogens (tertiary/aromatic N) is 3. The van der Waals surface area contributed by atoms with Gasteiger partial charge < -0.3 is 29.9 Å². The van der Waals surface area contributed by atoms with Crippen LogP contribution in [0, 0.1) is 0 Å². The van der Waals surface area contributed by atoms with Crippen molar-refractivity contribution in [1.29, 1.82) is 0 Å². The fourth-order valence-corrected chi connectivity index (χ4v) is 5.20. The minimum absolute atomic E-state index is 0.0429. The predicted molar refractivity (Wildman–Crippen MR) is 164 cm³/mol. The van der Waals surface area contributed by atoms with E-state index < -0.39 is 0 Å². The molecule has 10 heteroatoms. The summed E-state index contributed by atoms with van der Waals surface area (Å²) in [7, 11) is 7.04. The Morgan fingerprint density at radius 2 is 1.68 bits per heavy atom. The number of hydrogen-bond acceptors (Lipinski definition) is 7. The van der Waals surface area contributed by atoms with Crippen LogP contribution in [0.5, 0.6) is 11.5 Å². The van der Waals surface area contributed by atoms with Gasteiger partial charge in [-0.3, -0.25) is 14.5 Å². The summed E-state index contributed by atoms with van der Waals surface area (Å²) in [5, 5.41) is 6.91. The number of likely N-dealkylation sites (N-methyl/N-ethyl adjacent to an activating group) is 2. The Kier molecular flexibility index (Phi) is 8.49. The van der Waals surface area contributed by atoms with E-state index >= 15 is 0 Å². The molecule has 1 saturated heterocycles. The van der Waals surface area contributed by atoms with Gasteiger partial charge in [-0.05, 0) is 61.6 Å². The lowest BCUT2D eigenvalue weighted by atomic mass is 9.99. The minimum atomic E-state index is -0.245. The second-order valence-corrected chi connectivity index (χ2v) is 10.6. The number of benzene rings is 3. The van der Waals surface area contributed by atoms with Crippen molar-refractivity contribution in [3.8, 4) is 11.5 Å². The summed E-state index contributed by atoms with van der Waals surface area (Å²) >= 11 is 6.20. The lowest BCUT2D eigenvalue weighted by Crippen LogP contribution is -2.48. The maximum atomic E-state index is 13.3. The van der Waals surface area contributed by atoms with Crippen molar-refractivity contribution in [3.63, 3.8) is 0 Å². The summed E-state index contributed by atoms with van der Waals surface area (Å²) in [6, 6.07) is 18.4. The SMILES string of the molecule is COc1ccc(C(Nc2ccc(N(C)C(=O)CN3CCN(C)CC3)cc2)=C2C(=O)Nc3cc(Cl)ccc32)cc1OC. The molecule has 0 unspecified atom stereocenters. The second-order valence-electron chi connectivity index (χ2n) is 10.2. The van der Waals surface area contributed by atoms with Gasteiger partial charge in [0.15, 0.2) is 11.5 Å². The third-order valence-corrected chi connectivity index (χ3v) is 7.74. The van der Waals surface area contributed by atoms with Crippen LogP contribution in [0.25, 0.3) is 11.3 Å². The highest BCUT2D eigenvalue weighted by molar-refractivity contribution is 6.38. The summed E-state index contributed by atoms with van der Waals surface area (Å²) in [4.78, 5) is 32.4. The largest absolute Gasteiger partial charge is 0.493 e. The van der Waals surface area contributed by atoms with Crippen molar-refractivity contribution in [1.82, 2.24) is 9.80 Å². The summed E-state index contributed by atoms with van der Waals surface area (Å²) in [6.45, 7) is 4.08. The number of carbonyl (C=O) groups excluding carboxylic acids is 2. The van der Waals surface area contributed by atoms with Gasteiger partial charge in [-0.15, -0.1) is 0 Å². The molecule has 41 heavy (non-hydrogen) atoms. The van der Waals surface area contributed by atoms with Crippen molar-refractivity contribution in [2.75, 3.05) is 76.6 Å². The zero-order valence-electron chi connectivity index (χ0n) is 23.7. The number of carbonyl (C=O) groups is 2. The van der Waals surface area contributed by atoms with Crippen LogP contribution in [0.15, 0.2) is 60.7 Å². The highest BCUT2D eigenvalue weighted by Crippen LogP contribution is 2.40. The number of piperazine rings is 1. The second kappa shape index (κ2) is 12.2. The van der Waals surface area contributed by atoms with Gasteiger partial charge in [-0.2, -0.15) is 0 Å². The molecule has 2 heterocycles. The number of ether oxygens (including phenoxy) is 2. The van der Waals surface area contributed by atoms with Crippen LogP contribution < -0.4 is 25.0 Å². The monoisotopic (exact) mass is 575 g/mol. The molecule has 5 rings (SSSR count). The van der Waals surface area contributed by atoms with Gasteiger partial charge in [-0.1, -0.05) is 17.7 Å². The van der Waals surface area contributed by atoms with E-state index in [4.69, 9.17) is 21.1 Å². The van der Waals surface area contributed by atoms with Gasteiger partial charge in [0.2, 0.25) is 5.91 Å². The van der Waals surface area contributed by atoms with Crippen LogP contribution in [0.2, 0.25) is 5.02 Å². The van der Waals surface area contributed by atoms with Crippen molar-refractivity contribution < 1.29 is 19.1 Å². The normalized spacial score (nSPS) is 16.6. The molecule has 0 saturated carbocycles. The van der Waals surface area contributed by atoms with Gasteiger partial charge in [0.1, 0.15) is 0 Å². The van der Waals surface area contributed by atoms with Crippen LogP contribution in [0.1, 0.15) is 11.1 Å². The molecule has 3 aromatic rings. The van der Waals surface area contributed by atoms with E-state index in [-0.39, 0.29) is 11.8 Å². The molecule has 0 aliphatic carbocycles. The van der Waals surface area contributed by atoms with Crippen molar-refractivity contribution in [2.45, 2.75) is 0 Å². The molecule has 2 N–H and O–H groups in total. The Morgan fingerprint density at radius 1 is 0.976 bits per heavy atom. The summed E-state index contributed by atoms with van der Waals surface area (Å²) in [5.41, 5.74) is 4.73. The number of halogens is 1. The highest BCUT2D eigenvalue weighted by atomic mass is 35.5. The first kappa shape index (κ1) is 28.5. The highest BCUT2D eigenvalue weighted by Gasteiger charge is 2.29. The van der Waals surface area contributed by atoms with Crippen molar-refractivity contribution in [3.05, 3.63) is 76.8 Å². The van der Waals surface area contributed by atoms with Crippen LogP contribution in [0.4, 0.5) is 17.1 Å². The summed E-state index contributed by atoms with van der Waals surface area (Å²) < 4.78 is 11.0. The predicted octanol–water partition coefficient (Wildman–Crippen LogP) is 4.50. The number of nitrogens with one attached hydrogen (secondary N) is 2. The minimum Gasteiger partial charge on any atom is -0.493 e. The Balaban J connectivity index is 1.44. The van der Waals surface area contributed by atoms with E-state index in [2.05, 4.69) is 27.5 Å². The lowest BCUT2D eigenvalue weighted by Gasteiger charge is -2.32. The average molecular weight is 576 g/mol. The Morgan fingerprint density at radius 3 is 2.37 bits per heavy atom. The molecule has 0 bridgehead atoms. The molecule has 2 aliphatic rings. The molecular weight excluding hydrogens is 542 g/mol. The van der Waals surface area contributed by atoms with Crippen LogP contribution in [-0.2, 0) is 9.59 Å². The average Bonchev–Trinajstić information content (AvgIpc) is 3.30. The third-order valence-electron chi connectivity index (χ3n) is 7.50. The molecule has 1 fully saturated rings. The molecule has 2 amide bonds. The van der Waals surface area contributed by atoms with Crippen LogP contribution >= 0.6 is 11.6 Å². The Bertz CT molecular complexity index is 1480. The number of rotatable bonds is 8. The first-order valence-electron chi connectivity index (χ1n) is 13.4. The van der Waals surface area contributed by atoms with E-state index in [0.717, 1.165) is 48.7 Å². The number of fused-ring (bicyclic) bond motifs is 1. The van der Waals surface area contributed by atoms with Crippen molar-refractivity contribution in [2.24, 2.45) is 0 Å². The summed E-state index contributed by atoms with van der Waals surface area (Å²) in [6.07, 6.45) is 0. The summed E-state index contributed by atoms with van der Waals surface area (Å²) in [5.74, 6) is 0.916. The molecule has 2 aliphatic heterocycles. The van der Waals surface area contributed by atoms with E-state index in [1.807, 2.05) is 42.5 Å². The standard InChI is InChI=1S/C31H34ClN5O4/c1-35-13-15-37(16-14-35)19-28(38)36(2)23-9-7-22(8-10-23)33-30(20-5-12-26(40-3)27(17-20)41-4)29-24-11-6-21(32)18-25(24)34-31(29)39/h5-12,17-18,33H,13-16,19H2,1-4H3,(H,34,39). The van der Waals surface area contributed by atoms with Gasteiger partial charge in [0.25, 0.3) is 5.91 Å². The van der Waals surface area contributed by atoms with E-state index in [9.17, 15) is 9.59 Å². The third kappa shape index (κ3) is 6.17. The molecule has 214 valence electrons. The van der Waals surface area contributed by atoms with Gasteiger partial charge in [0.05, 0.1) is 37.7 Å². The first-order valence-corrected chi connectivity index (χ1v) is 13.8. The van der Waals surface area contributed by atoms with E-state index in [1.165, 1.54) is 0 Å².